The highest BCUT2D eigenvalue weighted by atomic mass is 32.2. The number of hydrogen-bond donors (Lipinski definition) is 1. The Hall–Kier alpha value is -0.750. The normalized spacial score (nSPS) is 27.1. The lowest BCUT2D eigenvalue weighted by Gasteiger charge is -2.35. The summed E-state index contributed by atoms with van der Waals surface area (Å²) < 4.78 is 0. The average Bonchev–Trinajstić information content (AvgIpc) is 2.33. The summed E-state index contributed by atoms with van der Waals surface area (Å²) in [5.41, 5.74) is 0. The lowest BCUT2D eigenvalue weighted by Crippen LogP contribution is -2.57. The summed E-state index contributed by atoms with van der Waals surface area (Å²) in [5.74, 6) is 1.99. The molecule has 2 heterocycles. The van der Waals surface area contributed by atoms with Gasteiger partial charge in [-0.1, -0.05) is 0 Å². The maximum atomic E-state index is 12.1. The van der Waals surface area contributed by atoms with E-state index in [0.717, 1.165) is 18.1 Å². The van der Waals surface area contributed by atoms with E-state index in [2.05, 4.69) is 5.32 Å². The van der Waals surface area contributed by atoms with Gasteiger partial charge < -0.3 is 15.1 Å². The fraction of sp³-hybridized carbons (Fsp3) is 0.800. The zero-order valence-corrected chi connectivity index (χ0v) is 10.3. The number of carbonyl (C=O) groups excluding carboxylic acids is 2. The summed E-state index contributed by atoms with van der Waals surface area (Å²) in [5, 5.41) is 3.21. The van der Waals surface area contributed by atoms with Crippen molar-refractivity contribution >= 4 is 23.6 Å². The molecular formula is C10H17N3O2S. The van der Waals surface area contributed by atoms with Crippen molar-refractivity contribution in [2.24, 2.45) is 0 Å². The Morgan fingerprint density at radius 3 is 2.94 bits per heavy atom. The van der Waals surface area contributed by atoms with E-state index in [-0.39, 0.29) is 24.4 Å². The summed E-state index contributed by atoms with van der Waals surface area (Å²) >= 11 is 1.79. The highest BCUT2D eigenvalue weighted by Crippen LogP contribution is 2.11. The predicted octanol–water partition coefficient (Wildman–Crippen LogP) is -1.01. The van der Waals surface area contributed by atoms with Crippen LogP contribution in [0.15, 0.2) is 0 Å². The summed E-state index contributed by atoms with van der Waals surface area (Å²) in [6.45, 7) is 2.41. The lowest BCUT2D eigenvalue weighted by molar-refractivity contribution is -0.145. The van der Waals surface area contributed by atoms with Crippen LogP contribution in [0.1, 0.15) is 0 Å². The highest BCUT2D eigenvalue weighted by molar-refractivity contribution is 7.99. The van der Waals surface area contributed by atoms with E-state index in [4.69, 9.17) is 0 Å². The van der Waals surface area contributed by atoms with Crippen LogP contribution < -0.4 is 5.32 Å². The Bertz CT molecular complexity index is 292. The second-order valence-electron chi connectivity index (χ2n) is 4.16. The molecule has 1 unspecified atom stereocenters. The summed E-state index contributed by atoms with van der Waals surface area (Å²) in [6, 6.07) is -0.102. The Balaban J connectivity index is 1.91. The van der Waals surface area contributed by atoms with Crippen molar-refractivity contribution in [3.8, 4) is 0 Å². The molecule has 2 fully saturated rings. The number of piperazine rings is 1. The third-order valence-corrected chi connectivity index (χ3v) is 4.05. The van der Waals surface area contributed by atoms with Crippen LogP contribution >= 0.6 is 11.8 Å². The number of amides is 2. The molecule has 1 atom stereocenters. The van der Waals surface area contributed by atoms with Crippen LogP contribution in [0.4, 0.5) is 0 Å². The van der Waals surface area contributed by atoms with Crippen molar-refractivity contribution in [2.75, 3.05) is 44.7 Å². The van der Waals surface area contributed by atoms with Gasteiger partial charge in [-0.15, -0.1) is 0 Å². The van der Waals surface area contributed by atoms with E-state index in [1.54, 1.807) is 28.6 Å². The van der Waals surface area contributed by atoms with Crippen molar-refractivity contribution in [3.05, 3.63) is 0 Å². The Morgan fingerprint density at radius 2 is 2.31 bits per heavy atom. The molecule has 0 aromatic rings. The van der Waals surface area contributed by atoms with Crippen molar-refractivity contribution in [1.82, 2.24) is 15.1 Å². The van der Waals surface area contributed by atoms with Crippen molar-refractivity contribution < 1.29 is 9.59 Å². The molecule has 2 saturated heterocycles. The predicted molar refractivity (Wildman–Crippen MR) is 63.3 cm³/mol. The van der Waals surface area contributed by atoms with Crippen LogP contribution in [0.5, 0.6) is 0 Å². The first-order valence-electron chi connectivity index (χ1n) is 5.52. The number of thioether (sulfide) groups is 1. The number of carbonyl (C=O) groups is 2. The molecule has 0 aliphatic carbocycles. The zero-order valence-electron chi connectivity index (χ0n) is 9.44. The average molecular weight is 243 g/mol. The first-order chi connectivity index (χ1) is 7.68. The number of nitrogens with one attached hydrogen (secondary N) is 1. The molecular weight excluding hydrogens is 226 g/mol. The van der Waals surface area contributed by atoms with Crippen LogP contribution in [0, 0.1) is 0 Å². The first kappa shape index (κ1) is 11.7. The molecule has 16 heavy (non-hydrogen) atoms. The minimum absolute atomic E-state index is 0.0306. The monoisotopic (exact) mass is 243 g/mol. The molecule has 2 aliphatic rings. The van der Waals surface area contributed by atoms with Gasteiger partial charge in [0.2, 0.25) is 11.8 Å². The Labute approximate surface area is 99.5 Å². The van der Waals surface area contributed by atoms with Gasteiger partial charge >= 0.3 is 0 Å². The highest BCUT2D eigenvalue weighted by Gasteiger charge is 2.30. The van der Waals surface area contributed by atoms with Gasteiger partial charge in [0.15, 0.2) is 0 Å². The van der Waals surface area contributed by atoms with Crippen molar-refractivity contribution in [3.63, 3.8) is 0 Å². The molecule has 0 radical (unpaired) electrons. The van der Waals surface area contributed by atoms with Crippen LogP contribution in [-0.2, 0) is 9.59 Å². The van der Waals surface area contributed by atoms with E-state index < -0.39 is 0 Å². The van der Waals surface area contributed by atoms with Gasteiger partial charge in [0, 0.05) is 38.2 Å². The molecule has 0 bridgehead atoms. The standard InChI is InChI=1S/C10H17N3O2S/c1-12-3-4-13(6-9(12)14)10(15)8-7-16-5-2-11-8/h8,11H,2-7H2,1H3. The Morgan fingerprint density at radius 1 is 1.50 bits per heavy atom. The molecule has 0 aromatic carbocycles. The fourth-order valence-corrected chi connectivity index (χ4v) is 2.82. The number of hydrogen-bond acceptors (Lipinski definition) is 4. The van der Waals surface area contributed by atoms with E-state index in [0.29, 0.717) is 13.1 Å². The molecule has 0 aromatic heterocycles. The van der Waals surface area contributed by atoms with Crippen LogP contribution in [0.2, 0.25) is 0 Å². The van der Waals surface area contributed by atoms with Gasteiger partial charge in [0.25, 0.3) is 0 Å². The van der Waals surface area contributed by atoms with E-state index in [1.165, 1.54) is 0 Å². The van der Waals surface area contributed by atoms with Crippen LogP contribution in [0.3, 0.4) is 0 Å². The van der Waals surface area contributed by atoms with Crippen LogP contribution in [0.25, 0.3) is 0 Å². The van der Waals surface area contributed by atoms with Crippen molar-refractivity contribution in [1.29, 1.82) is 0 Å². The lowest BCUT2D eigenvalue weighted by atomic mass is 10.2. The minimum atomic E-state index is -0.102. The summed E-state index contributed by atoms with van der Waals surface area (Å²) in [6.07, 6.45) is 0. The maximum Gasteiger partial charge on any atom is 0.241 e. The second kappa shape index (κ2) is 5.05. The molecule has 2 amide bonds. The minimum Gasteiger partial charge on any atom is -0.342 e. The van der Waals surface area contributed by atoms with Gasteiger partial charge in [-0.05, 0) is 0 Å². The molecule has 2 aliphatic heterocycles. The molecule has 1 N–H and O–H groups in total. The third kappa shape index (κ3) is 2.49. The SMILES string of the molecule is CN1CCN(C(=O)C2CSCCN2)CC1=O. The van der Waals surface area contributed by atoms with Gasteiger partial charge in [0.1, 0.15) is 0 Å². The number of nitrogens with zero attached hydrogens (tertiary/aromatic N) is 2. The van der Waals surface area contributed by atoms with Gasteiger partial charge in [0.05, 0.1) is 12.6 Å². The third-order valence-electron chi connectivity index (χ3n) is 2.99. The molecule has 5 nitrogen and oxygen atoms in total. The zero-order chi connectivity index (χ0) is 11.5. The van der Waals surface area contributed by atoms with Gasteiger partial charge in [-0.25, -0.2) is 0 Å². The number of rotatable bonds is 1. The largest absolute Gasteiger partial charge is 0.342 e. The molecule has 2 rings (SSSR count). The van der Waals surface area contributed by atoms with E-state index in [1.807, 2.05) is 0 Å². The second-order valence-corrected chi connectivity index (χ2v) is 5.31. The smallest absolute Gasteiger partial charge is 0.241 e. The Kier molecular flexibility index (Phi) is 3.70. The van der Waals surface area contributed by atoms with Gasteiger partial charge in [-0.2, -0.15) is 11.8 Å². The maximum absolute atomic E-state index is 12.1. The van der Waals surface area contributed by atoms with Gasteiger partial charge in [-0.3, -0.25) is 9.59 Å². The topological polar surface area (TPSA) is 52.6 Å². The number of likely N-dealkylation sites (N-methyl/N-ethyl adjacent to an activating group) is 1. The summed E-state index contributed by atoms with van der Waals surface area (Å²) in [4.78, 5) is 26.9. The summed E-state index contributed by atoms with van der Waals surface area (Å²) in [7, 11) is 1.78. The van der Waals surface area contributed by atoms with Crippen LogP contribution in [-0.4, -0.2) is 72.4 Å². The fourth-order valence-electron chi connectivity index (χ4n) is 1.89. The quantitative estimate of drug-likeness (QED) is 0.641. The molecule has 90 valence electrons. The molecule has 0 spiro atoms. The molecule has 0 saturated carbocycles. The first-order valence-corrected chi connectivity index (χ1v) is 6.68. The van der Waals surface area contributed by atoms with E-state index >= 15 is 0 Å². The van der Waals surface area contributed by atoms with E-state index in [9.17, 15) is 9.59 Å². The van der Waals surface area contributed by atoms with Crippen molar-refractivity contribution in [2.45, 2.75) is 6.04 Å². The molecule has 6 heteroatoms.